The van der Waals surface area contributed by atoms with Gasteiger partial charge in [0.15, 0.2) is 0 Å². The van der Waals surface area contributed by atoms with Crippen molar-refractivity contribution in [2.45, 2.75) is 52.6 Å². The second-order valence-electron chi connectivity index (χ2n) is 5.87. The minimum Gasteiger partial charge on any atom is -0.480 e. The highest BCUT2D eigenvalue weighted by atomic mass is 16.5. The molecule has 126 valence electrons. The molecule has 0 aliphatic rings. The van der Waals surface area contributed by atoms with Gasteiger partial charge in [0, 0.05) is 7.05 Å². The van der Waals surface area contributed by atoms with Gasteiger partial charge in [0.25, 0.3) is 0 Å². The Hall–Kier alpha value is -1.18. The Morgan fingerprint density at radius 1 is 1.00 bits per heavy atom. The predicted octanol–water partition coefficient (Wildman–Crippen LogP) is 1.51. The lowest BCUT2D eigenvalue weighted by molar-refractivity contribution is -0.164. The Bertz CT molecular complexity index is 306. The van der Waals surface area contributed by atoms with Crippen molar-refractivity contribution < 1.29 is 25.0 Å². The third-order valence-corrected chi connectivity index (χ3v) is 2.78. The van der Waals surface area contributed by atoms with Crippen LogP contribution in [0.1, 0.15) is 40.5 Å². The molecule has 0 saturated carbocycles. The Kier molecular flexibility index (Phi) is 12.1. The molecule has 0 aromatic heterocycles. The minimum atomic E-state index is -0.983. The van der Waals surface area contributed by atoms with Crippen LogP contribution in [0.4, 0.5) is 0 Å². The van der Waals surface area contributed by atoms with Crippen LogP contribution in [0.25, 0.3) is 0 Å². The van der Waals surface area contributed by atoms with Gasteiger partial charge in [-0.15, -0.1) is 0 Å². The molecule has 0 aliphatic carbocycles. The standard InChI is InChI=1S/C7H15NO3.C7H15NO2/c1-5(2)4-6(7(9)10)8(3)11;1-5(2)4-6(8-3)7(9)10/h5-6,11H,4H2,1-3H3,(H,9,10);5-6,8H,4H2,1-3H3,(H,9,10)/t2*6-/m00/s1. The fourth-order valence-corrected chi connectivity index (χ4v) is 1.67. The molecule has 0 saturated heterocycles. The molecule has 0 aromatic rings. The summed E-state index contributed by atoms with van der Waals surface area (Å²) in [5, 5.41) is 29.5. The highest BCUT2D eigenvalue weighted by molar-refractivity contribution is 5.73. The van der Waals surface area contributed by atoms with Gasteiger partial charge in [-0.1, -0.05) is 27.7 Å². The van der Waals surface area contributed by atoms with Gasteiger partial charge in [-0.25, -0.2) is 0 Å². The van der Waals surface area contributed by atoms with E-state index in [4.69, 9.17) is 15.4 Å². The van der Waals surface area contributed by atoms with Gasteiger partial charge in [-0.05, 0) is 31.7 Å². The van der Waals surface area contributed by atoms with Crippen LogP contribution in [-0.2, 0) is 9.59 Å². The van der Waals surface area contributed by atoms with Crippen molar-refractivity contribution in [3.63, 3.8) is 0 Å². The molecule has 0 heterocycles. The number of likely N-dealkylation sites (N-methyl/N-ethyl adjacent to an activating group) is 2. The minimum absolute atomic E-state index is 0.269. The highest BCUT2D eigenvalue weighted by Crippen LogP contribution is 2.08. The second kappa shape index (κ2) is 11.5. The topological polar surface area (TPSA) is 110 Å². The molecule has 0 aromatic carbocycles. The molecular weight excluding hydrogens is 276 g/mol. The number of hydrogen-bond donors (Lipinski definition) is 4. The molecule has 7 nitrogen and oxygen atoms in total. The van der Waals surface area contributed by atoms with Gasteiger partial charge in [0.05, 0.1) is 0 Å². The third kappa shape index (κ3) is 12.3. The summed E-state index contributed by atoms with van der Waals surface area (Å²) in [5.41, 5.74) is 0. The molecule has 0 aliphatic heterocycles. The van der Waals surface area contributed by atoms with Crippen LogP contribution in [-0.4, -0.2) is 58.6 Å². The number of hydroxylamine groups is 2. The van der Waals surface area contributed by atoms with E-state index in [1.807, 2.05) is 27.7 Å². The Balaban J connectivity index is 0. The van der Waals surface area contributed by atoms with E-state index >= 15 is 0 Å². The first-order valence-electron chi connectivity index (χ1n) is 7.07. The van der Waals surface area contributed by atoms with E-state index in [2.05, 4.69) is 5.32 Å². The molecule has 0 fully saturated rings. The van der Waals surface area contributed by atoms with Crippen LogP contribution >= 0.6 is 0 Å². The molecule has 0 rings (SSSR count). The molecule has 2 atom stereocenters. The van der Waals surface area contributed by atoms with E-state index in [0.29, 0.717) is 18.8 Å². The van der Waals surface area contributed by atoms with Crippen molar-refractivity contribution in [1.82, 2.24) is 10.4 Å². The van der Waals surface area contributed by atoms with Gasteiger partial charge < -0.3 is 20.7 Å². The zero-order valence-corrected chi connectivity index (χ0v) is 13.8. The maximum absolute atomic E-state index is 10.5. The van der Waals surface area contributed by atoms with Gasteiger partial charge in [0.1, 0.15) is 12.1 Å². The summed E-state index contributed by atoms with van der Waals surface area (Å²) in [6.07, 6.45) is 1.15. The quantitative estimate of drug-likeness (QED) is 0.503. The lowest BCUT2D eigenvalue weighted by Crippen LogP contribution is -2.37. The Morgan fingerprint density at radius 3 is 1.52 bits per heavy atom. The zero-order valence-electron chi connectivity index (χ0n) is 13.8. The first kappa shape index (κ1) is 22.1. The van der Waals surface area contributed by atoms with Crippen LogP contribution in [0, 0.1) is 11.8 Å². The Labute approximate surface area is 126 Å². The van der Waals surface area contributed by atoms with Crippen molar-refractivity contribution in [2.24, 2.45) is 11.8 Å². The fourth-order valence-electron chi connectivity index (χ4n) is 1.67. The summed E-state index contributed by atoms with van der Waals surface area (Å²) in [7, 11) is 3.02. The van der Waals surface area contributed by atoms with Gasteiger partial charge in [-0.3, -0.25) is 9.59 Å². The number of aliphatic carboxylic acids is 2. The predicted molar refractivity (Wildman–Crippen MR) is 80.4 cm³/mol. The summed E-state index contributed by atoms with van der Waals surface area (Å²) < 4.78 is 0. The second-order valence-corrected chi connectivity index (χ2v) is 5.87. The SMILES string of the molecule is CC(C)C[C@@H](C(=O)O)N(C)O.CN[C@@H](CC(C)C)C(=O)O. The summed E-state index contributed by atoms with van der Waals surface area (Å²) in [6.45, 7) is 7.85. The van der Waals surface area contributed by atoms with Crippen molar-refractivity contribution >= 4 is 11.9 Å². The van der Waals surface area contributed by atoms with E-state index in [0.717, 1.165) is 5.06 Å². The maximum Gasteiger partial charge on any atom is 0.323 e. The van der Waals surface area contributed by atoms with Crippen LogP contribution < -0.4 is 5.32 Å². The molecule has 0 radical (unpaired) electrons. The fraction of sp³-hybridized carbons (Fsp3) is 0.857. The van der Waals surface area contributed by atoms with E-state index in [-0.39, 0.29) is 12.0 Å². The molecule has 7 heteroatoms. The van der Waals surface area contributed by atoms with Crippen LogP contribution in [0.5, 0.6) is 0 Å². The molecule has 0 unspecified atom stereocenters. The average molecular weight is 306 g/mol. The number of carboxylic acid groups (broad SMARTS) is 2. The highest BCUT2D eigenvalue weighted by Gasteiger charge is 2.22. The number of carbonyl (C=O) groups is 2. The number of nitrogens with zero attached hydrogens (tertiary/aromatic N) is 1. The van der Waals surface area contributed by atoms with Gasteiger partial charge in [0.2, 0.25) is 0 Å². The number of hydrogen-bond acceptors (Lipinski definition) is 5. The molecule has 21 heavy (non-hydrogen) atoms. The van der Waals surface area contributed by atoms with Crippen molar-refractivity contribution in [3.8, 4) is 0 Å². The first-order valence-corrected chi connectivity index (χ1v) is 7.07. The zero-order chi connectivity index (χ0) is 17.2. The Morgan fingerprint density at radius 2 is 1.43 bits per heavy atom. The van der Waals surface area contributed by atoms with Crippen LogP contribution in [0.3, 0.4) is 0 Å². The molecule has 0 amide bonds. The van der Waals surface area contributed by atoms with Crippen LogP contribution in [0.15, 0.2) is 0 Å². The smallest absolute Gasteiger partial charge is 0.323 e. The largest absolute Gasteiger partial charge is 0.480 e. The normalized spacial score (nSPS) is 13.8. The van der Waals surface area contributed by atoms with E-state index in [1.54, 1.807) is 7.05 Å². The van der Waals surface area contributed by atoms with E-state index in [9.17, 15) is 9.59 Å². The van der Waals surface area contributed by atoms with Gasteiger partial charge in [-0.2, -0.15) is 5.06 Å². The van der Waals surface area contributed by atoms with Crippen LogP contribution in [0.2, 0.25) is 0 Å². The lowest BCUT2D eigenvalue weighted by Gasteiger charge is -2.19. The lowest BCUT2D eigenvalue weighted by atomic mass is 10.0. The van der Waals surface area contributed by atoms with E-state index in [1.165, 1.54) is 7.05 Å². The molecular formula is C14H30N2O5. The number of rotatable bonds is 8. The summed E-state index contributed by atoms with van der Waals surface area (Å²) in [5.74, 6) is -1.06. The molecule has 0 spiro atoms. The first-order chi connectivity index (χ1) is 9.52. The number of nitrogens with one attached hydrogen (secondary N) is 1. The van der Waals surface area contributed by atoms with Crippen molar-refractivity contribution in [3.05, 3.63) is 0 Å². The summed E-state index contributed by atoms with van der Waals surface area (Å²) >= 11 is 0. The number of carboxylic acids is 2. The van der Waals surface area contributed by atoms with Crippen molar-refractivity contribution in [1.29, 1.82) is 0 Å². The summed E-state index contributed by atoms with van der Waals surface area (Å²) in [4.78, 5) is 20.9. The maximum atomic E-state index is 10.5. The monoisotopic (exact) mass is 306 g/mol. The average Bonchev–Trinajstić information content (AvgIpc) is 2.32. The summed E-state index contributed by atoms with van der Waals surface area (Å²) in [6, 6.07) is -1.17. The molecule has 0 bridgehead atoms. The van der Waals surface area contributed by atoms with Crippen molar-refractivity contribution in [2.75, 3.05) is 14.1 Å². The molecule has 4 N–H and O–H groups in total. The third-order valence-electron chi connectivity index (χ3n) is 2.78. The van der Waals surface area contributed by atoms with E-state index < -0.39 is 18.0 Å². The van der Waals surface area contributed by atoms with Gasteiger partial charge >= 0.3 is 11.9 Å².